The second-order valence-electron chi connectivity index (χ2n) is 4.64. The molecule has 3 aromatic rings. The molecule has 2 aromatic carbocycles. The summed E-state index contributed by atoms with van der Waals surface area (Å²) in [5.41, 5.74) is 0.748. The molecule has 4 heteroatoms. The predicted octanol–water partition coefficient (Wildman–Crippen LogP) is 3.38. The van der Waals surface area contributed by atoms with Crippen LogP contribution in [0.3, 0.4) is 0 Å². The van der Waals surface area contributed by atoms with Gasteiger partial charge >= 0.3 is 5.63 Å². The summed E-state index contributed by atoms with van der Waals surface area (Å²) in [6.07, 6.45) is 0. The zero-order valence-corrected chi connectivity index (χ0v) is 11.4. The monoisotopic (exact) mass is 281 g/mol. The highest BCUT2D eigenvalue weighted by Gasteiger charge is 2.03. The van der Waals surface area contributed by atoms with Crippen LogP contribution in [0.5, 0.6) is 0 Å². The first kappa shape index (κ1) is 13.4. The molecule has 106 valence electrons. The maximum atomic E-state index is 11.8. The van der Waals surface area contributed by atoms with Crippen LogP contribution in [0, 0.1) is 0 Å². The van der Waals surface area contributed by atoms with E-state index in [-0.39, 0.29) is 12.4 Å². The van der Waals surface area contributed by atoms with E-state index in [4.69, 9.17) is 9.15 Å². The molecule has 1 heterocycles. The Balaban J connectivity index is 1.62. The van der Waals surface area contributed by atoms with Crippen molar-refractivity contribution < 1.29 is 9.15 Å². The van der Waals surface area contributed by atoms with Crippen molar-refractivity contribution in [2.24, 2.45) is 0 Å². The molecule has 0 unspecified atom stereocenters. The van der Waals surface area contributed by atoms with E-state index in [1.54, 1.807) is 12.1 Å². The standard InChI is InChI=1S/C17H15NO3/c19-17-15-9-5-4-8-14(15)10-16(21-17)18-12-20-11-13-6-2-1-3-7-13/h1-10,18H,11-12H2. The van der Waals surface area contributed by atoms with Gasteiger partial charge in [-0.2, -0.15) is 0 Å². The molecule has 3 rings (SSSR count). The molecule has 0 spiro atoms. The van der Waals surface area contributed by atoms with Crippen molar-refractivity contribution in [1.29, 1.82) is 0 Å². The molecule has 0 saturated carbocycles. The van der Waals surface area contributed by atoms with Gasteiger partial charge in [0.15, 0.2) is 5.88 Å². The predicted molar refractivity (Wildman–Crippen MR) is 82.2 cm³/mol. The summed E-state index contributed by atoms with van der Waals surface area (Å²) in [5.74, 6) is 0.409. The topological polar surface area (TPSA) is 51.5 Å². The molecule has 4 nitrogen and oxygen atoms in total. The lowest BCUT2D eigenvalue weighted by molar-refractivity contribution is 0.137. The lowest BCUT2D eigenvalue weighted by Crippen LogP contribution is -2.09. The fourth-order valence-corrected chi connectivity index (χ4v) is 2.09. The first-order chi connectivity index (χ1) is 10.3. The normalized spacial score (nSPS) is 10.7. The van der Waals surface area contributed by atoms with Crippen LogP contribution in [0.15, 0.2) is 69.9 Å². The van der Waals surface area contributed by atoms with Gasteiger partial charge in [-0.1, -0.05) is 48.5 Å². The van der Waals surface area contributed by atoms with Crippen molar-refractivity contribution in [3.63, 3.8) is 0 Å². The van der Waals surface area contributed by atoms with Crippen LogP contribution in [0.25, 0.3) is 10.8 Å². The van der Waals surface area contributed by atoms with Crippen molar-refractivity contribution >= 4 is 16.7 Å². The van der Waals surface area contributed by atoms with Crippen molar-refractivity contribution in [2.75, 3.05) is 12.0 Å². The van der Waals surface area contributed by atoms with Gasteiger partial charge < -0.3 is 14.5 Å². The first-order valence-corrected chi connectivity index (χ1v) is 6.71. The number of ether oxygens (including phenoxy) is 1. The minimum Gasteiger partial charge on any atom is -0.406 e. The van der Waals surface area contributed by atoms with E-state index in [1.807, 2.05) is 48.5 Å². The van der Waals surface area contributed by atoms with Crippen molar-refractivity contribution in [2.45, 2.75) is 6.61 Å². The summed E-state index contributed by atoms with van der Waals surface area (Å²) < 4.78 is 10.7. The third-order valence-electron chi connectivity index (χ3n) is 3.13. The molecule has 0 aliphatic heterocycles. The summed E-state index contributed by atoms with van der Waals surface area (Å²) >= 11 is 0. The summed E-state index contributed by atoms with van der Waals surface area (Å²) in [5, 5.41) is 4.38. The molecule has 0 fully saturated rings. The molecular weight excluding hydrogens is 266 g/mol. The Labute approximate surface area is 122 Å². The van der Waals surface area contributed by atoms with Gasteiger partial charge in [-0.15, -0.1) is 0 Å². The summed E-state index contributed by atoms with van der Waals surface area (Å²) in [6.45, 7) is 0.780. The van der Waals surface area contributed by atoms with E-state index in [9.17, 15) is 4.79 Å². The Hall–Kier alpha value is -2.59. The highest BCUT2D eigenvalue weighted by Crippen LogP contribution is 2.14. The van der Waals surface area contributed by atoms with Gasteiger partial charge in [0.2, 0.25) is 0 Å². The molecule has 21 heavy (non-hydrogen) atoms. The molecule has 0 aliphatic carbocycles. The third-order valence-corrected chi connectivity index (χ3v) is 3.13. The van der Waals surface area contributed by atoms with E-state index in [0.29, 0.717) is 17.9 Å². The Morgan fingerprint density at radius 1 is 1.00 bits per heavy atom. The average molecular weight is 281 g/mol. The van der Waals surface area contributed by atoms with Gasteiger partial charge in [-0.25, -0.2) is 4.79 Å². The van der Waals surface area contributed by atoms with Crippen LogP contribution in [-0.4, -0.2) is 6.73 Å². The van der Waals surface area contributed by atoms with Crippen LogP contribution in [0.2, 0.25) is 0 Å². The SMILES string of the molecule is O=c1oc(NCOCc2ccccc2)cc2ccccc12. The van der Waals surface area contributed by atoms with E-state index < -0.39 is 0 Å². The molecule has 0 amide bonds. The Morgan fingerprint density at radius 3 is 2.62 bits per heavy atom. The molecule has 0 bridgehead atoms. The van der Waals surface area contributed by atoms with Crippen LogP contribution in [0.1, 0.15) is 5.56 Å². The van der Waals surface area contributed by atoms with Crippen LogP contribution >= 0.6 is 0 Å². The molecule has 0 radical (unpaired) electrons. The molecule has 0 aliphatic rings. The van der Waals surface area contributed by atoms with Crippen molar-refractivity contribution in [1.82, 2.24) is 0 Å². The number of nitrogens with one attached hydrogen (secondary N) is 1. The molecule has 0 atom stereocenters. The van der Waals surface area contributed by atoms with E-state index in [1.165, 1.54) is 0 Å². The second kappa shape index (κ2) is 6.24. The zero-order chi connectivity index (χ0) is 14.5. The average Bonchev–Trinajstić information content (AvgIpc) is 2.53. The number of anilines is 1. The summed E-state index contributed by atoms with van der Waals surface area (Å²) in [4.78, 5) is 11.8. The lowest BCUT2D eigenvalue weighted by atomic mass is 10.2. The smallest absolute Gasteiger partial charge is 0.345 e. The van der Waals surface area contributed by atoms with E-state index in [2.05, 4.69) is 5.32 Å². The second-order valence-corrected chi connectivity index (χ2v) is 4.64. The number of hydrogen-bond donors (Lipinski definition) is 1. The summed E-state index contributed by atoms with van der Waals surface area (Å²) in [6, 6.07) is 19.0. The van der Waals surface area contributed by atoms with Crippen molar-refractivity contribution in [3.8, 4) is 0 Å². The van der Waals surface area contributed by atoms with Gasteiger partial charge in [0.25, 0.3) is 0 Å². The number of rotatable bonds is 5. The van der Waals surface area contributed by atoms with Crippen LogP contribution in [-0.2, 0) is 11.3 Å². The Morgan fingerprint density at radius 2 is 1.76 bits per heavy atom. The maximum Gasteiger partial charge on any atom is 0.345 e. The van der Waals surface area contributed by atoms with E-state index in [0.717, 1.165) is 10.9 Å². The Bertz CT molecular complexity index is 781. The maximum absolute atomic E-state index is 11.8. The minimum atomic E-state index is -0.348. The van der Waals surface area contributed by atoms with Gasteiger partial charge in [0.1, 0.15) is 6.73 Å². The van der Waals surface area contributed by atoms with Gasteiger partial charge in [0, 0.05) is 6.07 Å². The highest BCUT2D eigenvalue weighted by atomic mass is 16.5. The molecule has 1 aromatic heterocycles. The minimum absolute atomic E-state index is 0.274. The third kappa shape index (κ3) is 3.30. The summed E-state index contributed by atoms with van der Waals surface area (Å²) in [7, 11) is 0. The van der Waals surface area contributed by atoms with Crippen molar-refractivity contribution in [3.05, 3.63) is 76.6 Å². The first-order valence-electron chi connectivity index (χ1n) is 6.71. The van der Waals surface area contributed by atoms with Gasteiger partial charge in [0.05, 0.1) is 12.0 Å². The van der Waals surface area contributed by atoms with Crippen LogP contribution in [0.4, 0.5) is 5.88 Å². The quantitative estimate of drug-likeness (QED) is 0.575. The highest BCUT2D eigenvalue weighted by molar-refractivity contribution is 5.82. The lowest BCUT2D eigenvalue weighted by Gasteiger charge is -2.07. The van der Waals surface area contributed by atoms with Gasteiger partial charge in [-0.05, 0) is 17.0 Å². The largest absolute Gasteiger partial charge is 0.406 e. The fraction of sp³-hybridized carbons (Fsp3) is 0.118. The Kier molecular flexibility index (Phi) is 3.98. The number of hydrogen-bond acceptors (Lipinski definition) is 4. The molecular formula is C17H15NO3. The number of benzene rings is 2. The zero-order valence-electron chi connectivity index (χ0n) is 11.4. The number of fused-ring (bicyclic) bond motifs is 1. The van der Waals surface area contributed by atoms with Gasteiger partial charge in [-0.3, -0.25) is 0 Å². The molecule has 0 saturated heterocycles. The molecule has 1 N–H and O–H groups in total. The van der Waals surface area contributed by atoms with E-state index >= 15 is 0 Å². The van der Waals surface area contributed by atoms with Crippen LogP contribution < -0.4 is 10.9 Å². The fourth-order valence-electron chi connectivity index (χ4n) is 2.09.